The molecule has 2 aliphatic heterocycles. The van der Waals surface area contributed by atoms with E-state index in [4.69, 9.17) is 20.8 Å². The molecule has 0 unspecified atom stereocenters. The molecule has 250 valence electrons. The molecule has 0 saturated carbocycles. The van der Waals surface area contributed by atoms with E-state index in [9.17, 15) is 18.0 Å². The van der Waals surface area contributed by atoms with Crippen molar-refractivity contribution in [1.29, 1.82) is 0 Å². The van der Waals surface area contributed by atoms with Crippen molar-refractivity contribution in [3.63, 3.8) is 0 Å². The number of nitrogens with one attached hydrogen (secondary N) is 1. The zero-order chi connectivity index (χ0) is 33.8. The fourth-order valence-corrected chi connectivity index (χ4v) is 12.0. The molecule has 2 fully saturated rings. The second kappa shape index (κ2) is 14.3. The van der Waals surface area contributed by atoms with Crippen LogP contribution in [-0.2, 0) is 24.3 Å². The molecule has 5 rings (SSSR count). The Kier molecular flexibility index (Phi) is 10.6. The number of ether oxygens (including phenoxy) is 1. The molecule has 2 saturated heterocycles. The second-order valence-electron chi connectivity index (χ2n) is 12.9. The number of carbonyl (C=O) groups excluding carboxylic acids is 2. The van der Waals surface area contributed by atoms with Crippen LogP contribution in [0.2, 0.25) is 10.1 Å². The number of morpholine rings is 1. The predicted molar refractivity (Wildman–Crippen MR) is 188 cm³/mol. The number of hydrogen-bond acceptors (Lipinski definition) is 6. The molecule has 0 aliphatic carbocycles. The Balaban J connectivity index is 1.35. The molecular weight excluding hydrogens is 654 g/mol. The van der Waals surface area contributed by atoms with Gasteiger partial charge < -0.3 is 19.0 Å². The van der Waals surface area contributed by atoms with Crippen molar-refractivity contribution in [1.82, 2.24) is 14.5 Å². The Morgan fingerprint density at radius 2 is 1.60 bits per heavy atom. The first-order chi connectivity index (χ1) is 22.3. The zero-order valence-corrected chi connectivity index (χ0v) is 29.8. The molecule has 0 aromatic heterocycles. The van der Waals surface area contributed by atoms with Crippen molar-refractivity contribution >= 4 is 58.2 Å². The molecule has 0 bridgehead atoms. The van der Waals surface area contributed by atoms with E-state index in [2.05, 4.69) is 49.8 Å². The topological polar surface area (TPSA) is 105 Å². The number of rotatable bonds is 10. The van der Waals surface area contributed by atoms with Crippen LogP contribution in [0.4, 0.5) is 0 Å². The van der Waals surface area contributed by atoms with Crippen LogP contribution < -0.4 is 19.5 Å². The third-order valence-corrected chi connectivity index (χ3v) is 15.1. The highest BCUT2D eigenvalue weighted by atomic mass is 35.5. The first-order valence-corrected chi connectivity index (χ1v) is 19.6. The summed E-state index contributed by atoms with van der Waals surface area (Å²) in [6, 6.07) is 23.8. The Hall–Kier alpha value is -3.48. The largest absolute Gasteiger partial charge is 0.533 e. The van der Waals surface area contributed by atoms with E-state index in [1.54, 1.807) is 30.0 Å². The predicted octanol–water partition coefficient (Wildman–Crippen LogP) is 4.02. The van der Waals surface area contributed by atoms with Crippen LogP contribution >= 0.6 is 11.6 Å². The fourth-order valence-electron chi connectivity index (χ4n) is 6.30. The van der Waals surface area contributed by atoms with Crippen molar-refractivity contribution in [2.24, 2.45) is 0 Å². The third kappa shape index (κ3) is 7.65. The number of carbonyl (C=O) groups is 2. The normalized spacial score (nSPS) is 18.5. The summed E-state index contributed by atoms with van der Waals surface area (Å²) in [5, 5.41) is 3.32. The number of nitrogens with zero attached hydrogens (tertiary/aromatic N) is 2. The Morgan fingerprint density at radius 1 is 1.00 bits per heavy atom. The molecule has 2 aliphatic rings. The van der Waals surface area contributed by atoms with Crippen molar-refractivity contribution in [2.45, 2.75) is 51.2 Å². The number of halogens is 1. The quantitative estimate of drug-likeness (QED) is 0.322. The van der Waals surface area contributed by atoms with Crippen LogP contribution in [0.1, 0.15) is 39.7 Å². The van der Waals surface area contributed by atoms with E-state index in [1.165, 1.54) is 11.0 Å². The third-order valence-electron chi connectivity index (χ3n) is 8.77. The summed E-state index contributed by atoms with van der Waals surface area (Å²) in [4.78, 5) is 29.2. The minimum atomic E-state index is -4.01. The lowest BCUT2D eigenvalue weighted by Crippen LogP contribution is -2.68. The molecule has 9 nitrogen and oxygen atoms in total. The van der Waals surface area contributed by atoms with Crippen LogP contribution in [0.25, 0.3) is 6.08 Å². The van der Waals surface area contributed by atoms with Gasteiger partial charge in [0.25, 0.3) is 0 Å². The Bertz CT molecular complexity index is 1670. The van der Waals surface area contributed by atoms with Gasteiger partial charge in [0.15, 0.2) is 0 Å². The van der Waals surface area contributed by atoms with Crippen molar-refractivity contribution in [2.75, 3.05) is 32.8 Å². The first-order valence-electron chi connectivity index (χ1n) is 15.8. The SMILES string of the molecule is C[C@@H](C(=O)N1CCOCC1)N1CC[C@H](NS(=O)(=O)C=Cc2ccc(Cl)c(O[Si](c3ccccc3)(c3ccccc3)C(C)(C)C)c2)C1=O. The summed E-state index contributed by atoms with van der Waals surface area (Å²) in [7, 11) is -6.99. The van der Waals surface area contributed by atoms with Gasteiger partial charge in [-0.2, -0.15) is 4.72 Å². The van der Waals surface area contributed by atoms with Crippen LogP contribution in [0.5, 0.6) is 5.75 Å². The summed E-state index contributed by atoms with van der Waals surface area (Å²) in [6.45, 7) is 10.3. The van der Waals surface area contributed by atoms with Gasteiger partial charge in [-0.05, 0) is 52.5 Å². The van der Waals surface area contributed by atoms with E-state index in [-0.39, 0.29) is 23.9 Å². The van der Waals surface area contributed by atoms with Gasteiger partial charge in [-0.1, -0.05) is 99.1 Å². The monoisotopic (exact) mass is 695 g/mol. The Labute approximate surface area is 283 Å². The highest BCUT2D eigenvalue weighted by Gasteiger charge is 2.52. The smallest absolute Gasteiger partial charge is 0.320 e. The number of likely N-dealkylation sites (tertiary alicyclic amines) is 1. The highest BCUT2D eigenvalue weighted by molar-refractivity contribution is 7.92. The fraction of sp³-hybridized carbons (Fsp3) is 0.371. The van der Waals surface area contributed by atoms with Crippen LogP contribution in [0, 0.1) is 0 Å². The molecule has 47 heavy (non-hydrogen) atoms. The summed E-state index contributed by atoms with van der Waals surface area (Å²) in [5.41, 5.74) is 0.566. The van der Waals surface area contributed by atoms with Crippen molar-refractivity contribution < 1.29 is 27.2 Å². The van der Waals surface area contributed by atoms with E-state index in [0.29, 0.717) is 42.6 Å². The highest BCUT2D eigenvalue weighted by Crippen LogP contribution is 2.39. The van der Waals surface area contributed by atoms with Gasteiger partial charge in [0, 0.05) is 25.0 Å². The van der Waals surface area contributed by atoms with E-state index >= 15 is 0 Å². The summed E-state index contributed by atoms with van der Waals surface area (Å²) in [6.07, 6.45) is 1.72. The molecule has 3 aromatic rings. The summed E-state index contributed by atoms with van der Waals surface area (Å²) >= 11 is 6.72. The van der Waals surface area contributed by atoms with Crippen LogP contribution in [-0.4, -0.2) is 83.3 Å². The summed E-state index contributed by atoms with van der Waals surface area (Å²) in [5.74, 6) is -0.124. The number of hydrogen-bond donors (Lipinski definition) is 1. The minimum Gasteiger partial charge on any atom is -0.533 e. The lowest BCUT2D eigenvalue weighted by atomic mass is 10.2. The van der Waals surface area contributed by atoms with Gasteiger partial charge in [-0.25, -0.2) is 8.42 Å². The maximum Gasteiger partial charge on any atom is 0.320 e. The van der Waals surface area contributed by atoms with E-state index in [0.717, 1.165) is 15.8 Å². The van der Waals surface area contributed by atoms with Crippen LogP contribution in [0.15, 0.2) is 84.3 Å². The zero-order valence-electron chi connectivity index (χ0n) is 27.2. The van der Waals surface area contributed by atoms with E-state index < -0.39 is 36.3 Å². The Morgan fingerprint density at radius 3 is 2.17 bits per heavy atom. The molecule has 2 heterocycles. The van der Waals surface area contributed by atoms with E-state index in [1.807, 2.05) is 36.4 Å². The van der Waals surface area contributed by atoms with Crippen molar-refractivity contribution in [3.05, 3.63) is 94.9 Å². The number of amides is 2. The van der Waals surface area contributed by atoms with Crippen molar-refractivity contribution in [3.8, 4) is 5.75 Å². The molecule has 0 spiro atoms. The van der Waals surface area contributed by atoms with Gasteiger partial charge in [-0.15, -0.1) is 0 Å². The van der Waals surface area contributed by atoms with Gasteiger partial charge in [0.05, 0.1) is 18.2 Å². The molecule has 0 radical (unpaired) electrons. The molecular formula is C35H42ClN3O6SSi. The number of benzene rings is 3. The molecule has 2 amide bonds. The molecule has 1 N–H and O–H groups in total. The second-order valence-corrected chi connectivity index (χ2v) is 19.1. The van der Waals surface area contributed by atoms with Gasteiger partial charge in [0.1, 0.15) is 17.8 Å². The molecule has 12 heteroatoms. The molecule has 2 atom stereocenters. The summed E-state index contributed by atoms with van der Waals surface area (Å²) < 4.78 is 41.2. The lowest BCUT2D eigenvalue weighted by Gasteiger charge is -2.43. The average Bonchev–Trinajstić information content (AvgIpc) is 3.42. The first kappa shape index (κ1) is 34.8. The lowest BCUT2D eigenvalue weighted by molar-refractivity contribution is -0.146. The van der Waals surface area contributed by atoms with Gasteiger partial charge >= 0.3 is 8.32 Å². The number of sulfonamides is 1. The molecule has 3 aromatic carbocycles. The standard InChI is InChI=1S/C35H42ClN3O6SSi/c1-26(33(40)38-20-22-44-23-21-38)39-19-17-31(34(39)41)37-46(42,43)24-18-27-15-16-30(36)32(25-27)45-47(35(2,3)4,28-11-7-5-8-12-28)29-13-9-6-10-14-29/h5-16,18,24-26,31,37H,17,19-23H2,1-4H3/t26-,31-/m0/s1. The van der Waals surface area contributed by atoms with Gasteiger partial charge in [-0.3, -0.25) is 9.59 Å². The minimum absolute atomic E-state index is 0.163. The maximum atomic E-state index is 13.2. The van der Waals surface area contributed by atoms with Gasteiger partial charge in [0.2, 0.25) is 21.8 Å². The average molecular weight is 696 g/mol. The van der Waals surface area contributed by atoms with Crippen LogP contribution in [0.3, 0.4) is 0 Å². The maximum absolute atomic E-state index is 13.2.